The van der Waals surface area contributed by atoms with Crippen molar-refractivity contribution in [3.63, 3.8) is 0 Å². The molecule has 0 aromatic heterocycles. The first-order valence-corrected chi connectivity index (χ1v) is 12.7. The van der Waals surface area contributed by atoms with Crippen LogP contribution < -0.4 is 11.1 Å². The molecule has 4 atom stereocenters. The van der Waals surface area contributed by atoms with Crippen molar-refractivity contribution in [1.29, 1.82) is 0 Å². The van der Waals surface area contributed by atoms with Gasteiger partial charge in [0.05, 0.1) is 11.6 Å². The molecule has 0 fully saturated rings. The summed E-state index contributed by atoms with van der Waals surface area (Å²) < 4.78 is 0. The molecule has 0 saturated carbocycles. The van der Waals surface area contributed by atoms with Crippen LogP contribution in [-0.2, 0) is 20.8 Å². The summed E-state index contributed by atoms with van der Waals surface area (Å²) in [6.07, 6.45) is 0.148. The molecule has 2 amide bonds. The maximum Gasteiger partial charge on any atom is 0.255 e. The van der Waals surface area contributed by atoms with Crippen LogP contribution in [0.15, 0.2) is 59.1 Å². The molecule has 0 spiro atoms. The van der Waals surface area contributed by atoms with Gasteiger partial charge in [-0.15, -0.1) is 0 Å². The number of anilines is 1. The summed E-state index contributed by atoms with van der Waals surface area (Å²) >= 11 is 0. The van der Waals surface area contributed by atoms with Gasteiger partial charge in [-0.2, -0.15) is 0 Å². The lowest BCUT2D eigenvalue weighted by Gasteiger charge is -2.50. The average molecular weight is 548 g/mol. The highest BCUT2D eigenvalue weighted by Gasteiger charge is 2.63. The molecule has 0 aliphatic heterocycles. The van der Waals surface area contributed by atoms with Crippen molar-refractivity contribution in [2.24, 2.45) is 17.6 Å². The number of aliphatic hydroxyl groups is 3. The summed E-state index contributed by atoms with van der Waals surface area (Å²) in [5.41, 5.74) is 3.85. The standard InChI is InChI=1S/C29H29N3O8/c1-12(33)31-15-6-4-5-13(9-15)16-7-8-19(34)21-17(16)10-14-11-18-23(32(2)3)25(36)22(28(30)39)27(38)29(18,40)26(37)20(14)24(21)35/h4-9,14,18,23,34,36-37,40H,10-11H2,1-3H3,(H2,30,39)(H,31,33)/t14-,18-,23-,29-/m1/s1. The Kier molecular flexibility index (Phi) is 6.31. The number of aromatic hydroxyl groups is 1. The Labute approximate surface area is 229 Å². The van der Waals surface area contributed by atoms with E-state index in [0.29, 0.717) is 22.4 Å². The van der Waals surface area contributed by atoms with Crippen molar-refractivity contribution in [3.8, 4) is 16.9 Å². The zero-order chi connectivity index (χ0) is 29.3. The van der Waals surface area contributed by atoms with Crippen LogP contribution in [0.25, 0.3) is 11.1 Å². The summed E-state index contributed by atoms with van der Waals surface area (Å²) in [5, 5.41) is 47.4. The van der Waals surface area contributed by atoms with E-state index in [2.05, 4.69) is 5.32 Å². The topological polar surface area (TPSA) is 190 Å². The molecule has 7 N–H and O–H groups in total. The Bertz CT molecular complexity index is 1570. The van der Waals surface area contributed by atoms with E-state index < -0.39 is 58.0 Å². The number of carbonyl (C=O) groups excluding carboxylic acids is 4. The number of nitrogens with one attached hydrogen (secondary N) is 1. The Morgan fingerprint density at radius 3 is 2.42 bits per heavy atom. The number of hydrogen-bond donors (Lipinski definition) is 6. The second-order valence-electron chi connectivity index (χ2n) is 10.7. The number of fused-ring (bicyclic) bond motifs is 3. The van der Waals surface area contributed by atoms with Gasteiger partial charge < -0.3 is 31.5 Å². The highest BCUT2D eigenvalue weighted by molar-refractivity contribution is 6.25. The van der Waals surface area contributed by atoms with Gasteiger partial charge in [0.15, 0.2) is 11.4 Å². The molecule has 11 heteroatoms. The largest absolute Gasteiger partial charge is 0.510 e. The van der Waals surface area contributed by atoms with Gasteiger partial charge >= 0.3 is 0 Å². The molecule has 5 rings (SSSR count). The molecule has 0 bridgehead atoms. The van der Waals surface area contributed by atoms with Crippen molar-refractivity contribution >= 4 is 29.1 Å². The predicted octanol–water partition coefficient (Wildman–Crippen LogP) is 1.75. The third-order valence-electron chi connectivity index (χ3n) is 8.10. The first-order chi connectivity index (χ1) is 18.8. The van der Waals surface area contributed by atoms with E-state index in [0.717, 1.165) is 0 Å². The smallest absolute Gasteiger partial charge is 0.255 e. The van der Waals surface area contributed by atoms with Gasteiger partial charge in [-0.05, 0) is 67.7 Å². The SMILES string of the molecule is CC(=O)Nc1cccc(-c2ccc(O)c3c2C[C@@H]2C[C@@H]4[C@@H](N(C)C)C(O)=C(C(N)=O)C(=O)[C@]4(O)C(O)=C2C3=O)c1. The summed E-state index contributed by atoms with van der Waals surface area (Å²) in [6, 6.07) is 8.91. The number of Topliss-reactive ketones (excluding diaryl/α,β-unsaturated/α-hetero) is 2. The fraction of sp³-hybridized carbons (Fsp3) is 0.310. The number of benzene rings is 2. The lowest BCUT2D eigenvalue weighted by atomic mass is 9.58. The van der Waals surface area contributed by atoms with Gasteiger partial charge in [0, 0.05) is 24.1 Å². The molecule has 0 unspecified atom stereocenters. The highest BCUT2D eigenvalue weighted by atomic mass is 16.3. The number of nitrogens with two attached hydrogens (primary N) is 1. The van der Waals surface area contributed by atoms with E-state index in [4.69, 9.17) is 5.73 Å². The number of primary amides is 1. The monoisotopic (exact) mass is 547 g/mol. The molecule has 208 valence electrons. The maximum absolute atomic E-state index is 13.9. The minimum absolute atomic E-state index is 0.00715. The molecule has 3 aliphatic carbocycles. The summed E-state index contributed by atoms with van der Waals surface area (Å²) in [6.45, 7) is 1.38. The maximum atomic E-state index is 13.9. The van der Waals surface area contributed by atoms with Crippen LogP contribution in [0.5, 0.6) is 5.75 Å². The number of aliphatic hydroxyl groups excluding tert-OH is 2. The van der Waals surface area contributed by atoms with Crippen LogP contribution in [0.4, 0.5) is 5.69 Å². The van der Waals surface area contributed by atoms with Crippen LogP contribution in [0.3, 0.4) is 0 Å². The number of allylic oxidation sites excluding steroid dienone is 1. The Balaban J connectivity index is 1.69. The number of ketones is 2. The molecule has 2 aromatic carbocycles. The molecule has 40 heavy (non-hydrogen) atoms. The molecule has 0 saturated heterocycles. The van der Waals surface area contributed by atoms with Crippen LogP contribution >= 0.6 is 0 Å². The zero-order valence-corrected chi connectivity index (χ0v) is 22.1. The molecule has 0 radical (unpaired) electrons. The number of nitrogens with zero attached hydrogens (tertiary/aromatic N) is 1. The number of likely N-dealkylation sites (N-methyl/N-ethyl adjacent to an activating group) is 1. The van der Waals surface area contributed by atoms with Crippen LogP contribution in [-0.4, -0.2) is 74.4 Å². The highest BCUT2D eigenvalue weighted by Crippen LogP contribution is 2.53. The van der Waals surface area contributed by atoms with Crippen molar-refractivity contribution in [1.82, 2.24) is 4.90 Å². The normalized spacial score (nSPS) is 25.9. The third kappa shape index (κ3) is 3.81. The Morgan fingerprint density at radius 1 is 1.10 bits per heavy atom. The number of amides is 2. The average Bonchev–Trinajstić information content (AvgIpc) is 2.85. The van der Waals surface area contributed by atoms with E-state index in [-0.39, 0.29) is 35.6 Å². The van der Waals surface area contributed by atoms with Gasteiger partial charge in [-0.25, -0.2) is 0 Å². The predicted molar refractivity (Wildman–Crippen MR) is 143 cm³/mol. The van der Waals surface area contributed by atoms with E-state index in [1.165, 1.54) is 17.9 Å². The van der Waals surface area contributed by atoms with Crippen molar-refractivity contribution in [2.75, 3.05) is 19.4 Å². The first-order valence-electron chi connectivity index (χ1n) is 12.7. The van der Waals surface area contributed by atoms with Gasteiger partial charge in [0.25, 0.3) is 5.91 Å². The van der Waals surface area contributed by atoms with Crippen molar-refractivity contribution in [3.05, 3.63) is 70.2 Å². The number of rotatable bonds is 4. The third-order valence-corrected chi connectivity index (χ3v) is 8.10. The minimum atomic E-state index is -2.69. The molecular weight excluding hydrogens is 518 g/mol. The minimum Gasteiger partial charge on any atom is -0.510 e. The molecule has 3 aliphatic rings. The summed E-state index contributed by atoms with van der Waals surface area (Å²) in [7, 11) is 3.15. The Hall–Kier alpha value is -4.48. The molecular formula is C29H29N3O8. The second kappa shape index (κ2) is 9.32. The number of phenolic OH excluding ortho intramolecular Hbond substituents is 1. The number of phenols is 1. The van der Waals surface area contributed by atoms with Crippen LogP contribution in [0.1, 0.15) is 29.3 Å². The summed E-state index contributed by atoms with van der Waals surface area (Å²) in [5.74, 6) is -7.25. The van der Waals surface area contributed by atoms with E-state index in [1.807, 2.05) is 0 Å². The van der Waals surface area contributed by atoms with Gasteiger partial charge in [0.2, 0.25) is 11.7 Å². The fourth-order valence-corrected chi connectivity index (χ4v) is 6.49. The molecule has 0 heterocycles. The lowest BCUT2D eigenvalue weighted by molar-refractivity contribution is -0.148. The summed E-state index contributed by atoms with van der Waals surface area (Å²) in [4.78, 5) is 52.4. The fourth-order valence-electron chi connectivity index (χ4n) is 6.49. The quantitative estimate of drug-likeness (QED) is 0.310. The number of carbonyl (C=O) groups is 4. The molecule has 2 aromatic rings. The zero-order valence-electron chi connectivity index (χ0n) is 22.1. The number of hydrogen-bond acceptors (Lipinski definition) is 9. The lowest BCUT2D eigenvalue weighted by Crippen LogP contribution is -2.63. The van der Waals surface area contributed by atoms with Gasteiger partial charge in [0.1, 0.15) is 22.8 Å². The second-order valence-corrected chi connectivity index (χ2v) is 10.7. The first kappa shape index (κ1) is 27.1. The van der Waals surface area contributed by atoms with E-state index in [9.17, 15) is 39.6 Å². The van der Waals surface area contributed by atoms with Crippen LogP contribution in [0, 0.1) is 11.8 Å². The Morgan fingerprint density at radius 2 is 1.80 bits per heavy atom. The molecule has 11 nitrogen and oxygen atoms in total. The van der Waals surface area contributed by atoms with Crippen LogP contribution in [0.2, 0.25) is 0 Å². The van der Waals surface area contributed by atoms with Gasteiger partial charge in [-0.1, -0.05) is 18.2 Å². The van der Waals surface area contributed by atoms with Gasteiger partial charge in [-0.3, -0.25) is 24.1 Å². The van der Waals surface area contributed by atoms with Crippen molar-refractivity contribution < 1.29 is 39.6 Å². The van der Waals surface area contributed by atoms with E-state index in [1.54, 1.807) is 44.4 Å². The van der Waals surface area contributed by atoms with Crippen molar-refractivity contribution in [2.45, 2.75) is 31.4 Å². The van der Waals surface area contributed by atoms with E-state index >= 15 is 0 Å².